The first-order valence-electron chi connectivity index (χ1n) is 9.13. The zero-order chi connectivity index (χ0) is 16.4. The third-order valence-electron chi connectivity index (χ3n) is 5.52. The molecule has 1 aliphatic carbocycles. The number of carbonyl (C=O) groups excluding carboxylic acids is 1. The topological polar surface area (TPSA) is 50.8 Å². The molecule has 5 heteroatoms. The lowest BCUT2D eigenvalue weighted by Crippen LogP contribution is -2.51. The maximum Gasteiger partial charge on any atom is 0.228 e. The van der Waals surface area contributed by atoms with Crippen LogP contribution in [0, 0.1) is 0 Å². The lowest BCUT2D eigenvalue weighted by molar-refractivity contribution is -0.179. The van der Waals surface area contributed by atoms with E-state index in [0.717, 1.165) is 57.6 Å². The van der Waals surface area contributed by atoms with Gasteiger partial charge in [-0.1, -0.05) is 18.2 Å². The summed E-state index contributed by atoms with van der Waals surface area (Å²) in [6.07, 6.45) is 5.64. The summed E-state index contributed by atoms with van der Waals surface area (Å²) in [5.74, 6) is -0.0790. The molecule has 1 unspecified atom stereocenters. The Morgan fingerprint density at radius 1 is 1.00 bits per heavy atom. The molecule has 1 aromatic carbocycles. The number of hydrogen-bond acceptors (Lipinski definition) is 4. The number of piperidine rings is 1. The first kappa shape index (κ1) is 16.1. The smallest absolute Gasteiger partial charge is 0.228 e. The Bertz CT molecular complexity index is 561. The third-order valence-corrected chi connectivity index (χ3v) is 5.52. The Kier molecular flexibility index (Phi) is 4.57. The minimum Gasteiger partial charge on any atom is -0.348 e. The summed E-state index contributed by atoms with van der Waals surface area (Å²) in [5.41, 5.74) is 1.01. The third kappa shape index (κ3) is 3.34. The summed E-state index contributed by atoms with van der Waals surface area (Å²) < 4.78 is 11.6. The van der Waals surface area contributed by atoms with Gasteiger partial charge in [-0.15, -0.1) is 0 Å². The predicted molar refractivity (Wildman–Crippen MR) is 91.8 cm³/mol. The van der Waals surface area contributed by atoms with Gasteiger partial charge in [0.05, 0.1) is 13.2 Å². The number of para-hydroxylation sites is 1. The molecule has 3 aliphatic rings. The largest absolute Gasteiger partial charge is 0.348 e. The van der Waals surface area contributed by atoms with Gasteiger partial charge in [0.1, 0.15) is 0 Å². The fraction of sp³-hybridized carbons (Fsp3) is 0.632. The average Bonchev–Trinajstić information content (AvgIpc) is 3.06. The van der Waals surface area contributed by atoms with Gasteiger partial charge in [-0.25, -0.2) is 0 Å². The van der Waals surface area contributed by atoms with Gasteiger partial charge in [0, 0.05) is 43.6 Å². The SMILES string of the molecule is O=C1CC(NC2CCC3(CC2)OCCO3)CCN1c1ccccc1. The van der Waals surface area contributed by atoms with Crippen molar-refractivity contribution in [3.63, 3.8) is 0 Å². The van der Waals surface area contributed by atoms with Gasteiger partial charge in [-0.2, -0.15) is 0 Å². The molecule has 5 nitrogen and oxygen atoms in total. The molecule has 1 N–H and O–H groups in total. The Hall–Kier alpha value is -1.43. The lowest BCUT2D eigenvalue weighted by atomic mass is 9.89. The van der Waals surface area contributed by atoms with Gasteiger partial charge >= 0.3 is 0 Å². The van der Waals surface area contributed by atoms with E-state index in [4.69, 9.17) is 9.47 Å². The zero-order valence-corrected chi connectivity index (χ0v) is 14.1. The van der Waals surface area contributed by atoms with Crippen LogP contribution in [-0.2, 0) is 14.3 Å². The second-order valence-electron chi connectivity index (χ2n) is 7.12. The normalized spacial score (nSPS) is 27.8. The Morgan fingerprint density at radius 3 is 2.38 bits per heavy atom. The van der Waals surface area contributed by atoms with Crippen LogP contribution in [0.2, 0.25) is 0 Å². The Morgan fingerprint density at radius 2 is 1.71 bits per heavy atom. The number of ether oxygens (including phenoxy) is 2. The minimum atomic E-state index is -0.301. The second kappa shape index (κ2) is 6.82. The zero-order valence-electron chi connectivity index (χ0n) is 14.1. The number of amides is 1. The van der Waals surface area contributed by atoms with E-state index in [2.05, 4.69) is 5.32 Å². The van der Waals surface area contributed by atoms with Gasteiger partial charge in [-0.05, 0) is 31.4 Å². The van der Waals surface area contributed by atoms with Gasteiger partial charge in [0.2, 0.25) is 5.91 Å². The monoisotopic (exact) mass is 330 g/mol. The molecule has 2 aliphatic heterocycles. The maximum atomic E-state index is 12.5. The summed E-state index contributed by atoms with van der Waals surface area (Å²) in [6.45, 7) is 2.25. The molecule has 1 aromatic rings. The first-order chi connectivity index (χ1) is 11.7. The van der Waals surface area contributed by atoms with Crippen LogP contribution in [0.25, 0.3) is 0 Å². The van der Waals surface area contributed by atoms with Crippen molar-refractivity contribution in [2.24, 2.45) is 0 Å². The van der Waals surface area contributed by atoms with Crippen molar-refractivity contribution in [3.05, 3.63) is 30.3 Å². The molecular weight excluding hydrogens is 304 g/mol. The summed E-state index contributed by atoms with van der Waals surface area (Å²) in [6, 6.07) is 10.7. The van der Waals surface area contributed by atoms with Crippen LogP contribution in [-0.4, -0.2) is 43.5 Å². The number of anilines is 1. The molecule has 1 spiro atoms. The van der Waals surface area contributed by atoms with Crippen molar-refractivity contribution < 1.29 is 14.3 Å². The number of carbonyl (C=O) groups is 1. The standard InChI is InChI=1S/C19H26N2O3/c22-18-14-16(8-11-21(18)17-4-2-1-3-5-17)20-15-6-9-19(10-7-15)23-12-13-24-19/h1-5,15-16,20H,6-14H2. The van der Waals surface area contributed by atoms with Crippen molar-refractivity contribution >= 4 is 11.6 Å². The molecule has 1 saturated carbocycles. The van der Waals surface area contributed by atoms with E-state index in [1.165, 1.54) is 0 Å². The Labute approximate surface area is 143 Å². The van der Waals surface area contributed by atoms with E-state index in [-0.39, 0.29) is 11.7 Å². The molecule has 1 amide bonds. The number of hydrogen-bond donors (Lipinski definition) is 1. The highest BCUT2D eigenvalue weighted by molar-refractivity contribution is 5.94. The van der Waals surface area contributed by atoms with Gasteiger partial charge < -0.3 is 19.7 Å². The number of nitrogens with zero attached hydrogens (tertiary/aromatic N) is 1. The van der Waals surface area contributed by atoms with E-state index >= 15 is 0 Å². The molecule has 2 heterocycles. The first-order valence-corrected chi connectivity index (χ1v) is 9.13. The van der Waals surface area contributed by atoms with Crippen LogP contribution >= 0.6 is 0 Å². The summed E-state index contributed by atoms with van der Waals surface area (Å²) in [5, 5.41) is 3.71. The van der Waals surface area contributed by atoms with E-state index < -0.39 is 0 Å². The Balaban J connectivity index is 1.28. The predicted octanol–water partition coefficient (Wildman–Crippen LogP) is 2.46. The molecule has 3 fully saturated rings. The second-order valence-corrected chi connectivity index (χ2v) is 7.12. The molecule has 2 saturated heterocycles. The average molecular weight is 330 g/mol. The molecule has 130 valence electrons. The summed E-state index contributed by atoms with van der Waals surface area (Å²) in [4.78, 5) is 14.4. The van der Waals surface area contributed by atoms with Crippen molar-refractivity contribution in [3.8, 4) is 0 Å². The highest BCUT2D eigenvalue weighted by Gasteiger charge is 2.41. The highest BCUT2D eigenvalue weighted by atomic mass is 16.7. The summed E-state index contributed by atoms with van der Waals surface area (Å²) >= 11 is 0. The van der Waals surface area contributed by atoms with E-state index in [1.807, 2.05) is 35.2 Å². The van der Waals surface area contributed by atoms with E-state index in [1.54, 1.807) is 0 Å². The van der Waals surface area contributed by atoms with Crippen molar-refractivity contribution in [2.45, 2.75) is 56.4 Å². The molecule has 0 aromatic heterocycles. The van der Waals surface area contributed by atoms with Crippen molar-refractivity contribution in [1.29, 1.82) is 0 Å². The van der Waals surface area contributed by atoms with Gasteiger partial charge in [0.25, 0.3) is 0 Å². The fourth-order valence-corrected chi connectivity index (χ4v) is 4.20. The highest BCUT2D eigenvalue weighted by Crippen LogP contribution is 2.36. The lowest BCUT2D eigenvalue weighted by Gasteiger charge is -2.39. The molecular formula is C19H26N2O3. The number of benzene rings is 1. The maximum absolute atomic E-state index is 12.5. The van der Waals surface area contributed by atoms with Crippen LogP contribution in [0.1, 0.15) is 38.5 Å². The molecule has 24 heavy (non-hydrogen) atoms. The van der Waals surface area contributed by atoms with Crippen LogP contribution < -0.4 is 10.2 Å². The van der Waals surface area contributed by atoms with Crippen LogP contribution in [0.4, 0.5) is 5.69 Å². The minimum absolute atomic E-state index is 0.222. The van der Waals surface area contributed by atoms with E-state index in [9.17, 15) is 4.79 Å². The number of nitrogens with one attached hydrogen (secondary N) is 1. The van der Waals surface area contributed by atoms with Gasteiger partial charge in [0.15, 0.2) is 5.79 Å². The van der Waals surface area contributed by atoms with Crippen molar-refractivity contribution in [1.82, 2.24) is 5.32 Å². The molecule has 4 rings (SSSR count). The summed E-state index contributed by atoms with van der Waals surface area (Å²) in [7, 11) is 0. The number of rotatable bonds is 3. The van der Waals surface area contributed by atoms with E-state index in [0.29, 0.717) is 18.5 Å². The van der Waals surface area contributed by atoms with Crippen LogP contribution in [0.15, 0.2) is 30.3 Å². The molecule has 0 bridgehead atoms. The van der Waals surface area contributed by atoms with Crippen molar-refractivity contribution in [2.75, 3.05) is 24.7 Å². The van der Waals surface area contributed by atoms with Crippen LogP contribution in [0.3, 0.4) is 0 Å². The molecule has 1 atom stereocenters. The van der Waals surface area contributed by atoms with Gasteiger partial charge in [-0.3, -0.25) is 4.79 Å². The quantitative estimate of drug-likeness (QED) is 0.925. The molecule has 0 radical (unpaired) electrons. The van der Waals surface area contributed by atoms with Crippen LogP contribution in [0.5, 0.6) is 0 Å². The fourth-order valence-electron chi connectivity index (χ4n) is 4.20.